The summed E-state index contributed by atoms with van der Waals surface area (Å²) in [6.45, 7) is 3.95. The number of carbonyl (C=O) groups is 1. The second-order valence-corrected chi connectivity index (χ2v) is 7.18. The molecule has 136 valence electrons. The van der Waals surface area contributed by atoms with E-state index in [9.17, 15) is 9.59 Å². The maximum atomic E-state index is 12.4. The Kier molecular flexibility index (Phi) is 4.37. The molecule has 0 fully saturated rings. The minimum absolute atomic E-state index is 0.131. The normalized spacial score (nSPS) is 11.0. The zero-order chi connectivity index (χ0) is 19.0. The molecule has 0 saturated carbocycles. The fraction of sp³-hybridized carbons (Fsp3) is 0.150. The number of nitrogens with one attached hydrogen (secondary N) is 1. The molecular weight excluding hydrogens is 362 g/mol. The number of nitrogens with zero attached hydrogens (tertiary/aromatic N) is 2. The smallest absolute Gasteiger partial charge is 0.408 e. The van der Waals surface area contributed by atoms with Crippen LogP contribution in [-0.2, 0) is 11.3 Å². The molecule has 0 aliphatic carbocycles. The van der Waals surface area contributed by atoms with Crippen molar-refractivity contribution in [2.45, 2.75) is 20.4 Å². The van der Waals surface area contributed by atoms with Gasteiger partial charge >= 0.3 is 5.76 Å². The molecule has 0 atom stereocenters. The first kappa shape index (κ1) is 17.2. The molecule has 0 saturated heterocycles. The third-order valence-electron chi connectivity index (χ3n) is 4.28. The quantitative estimate of drug-likeness (QED) is 0.582. The van der Waals surface area contributed by atoms with Gasteiger partial charge in [-0.1, -0.05) is 35.9 Å². The number of benzene rings is 2. The first-order valence-corrected chi connectivity index (χ1v) is 9.30. The van der Waals surface area contributed by atoms with Gasteiger partial charge in [-0.05, 0) is 31.5 Å². The van der Waals surface area contributed by atoms with Gasteiger partial charge in [-0.15, -0.1) is 11.3 Å². The molecule has 0 aliphatic heterocycles. The number of aromatic nitrogens is 2. The van der Waals surface area contributed by atoms with Crippen LogP contribution in [0.25, 0.3) is 22.4 Å². The molecule has 1 N–H and O–H groups in total. The molecule has 7 heteroatoms. The molecule has 1 amide bonds. The van der Waals surface area contributed by atoms with Gasteiger partial charge in [0.15, 0.2) is 10.7 Å². The number of aryl methyl sites for hydroxylation is 2. The van der Waals surface area contributed by atoms with E-state index >= 15 is 0 Å². The molecule has 0 radical (unpaired) electrons. The number of hydrogen-bond donors (Lipinski definition) is 1. The SMILES string of the molecule is Cc1ccc(-c2csc(NC(=O)Cn3c(=O)oc4ccccc43)n2)c(C)c1. The summed E-state index contributed by atoms with van der Waals surface area (Å²) in [6.07, 6.45) is 0. The van der Waals surface area contributed by atoms with E-state index in [1.165, 1.54) is 21.5 Å². The summed E-state index contributed by atoms with van der Waals surface area (Å²) in [6, 6.07) is 13.2. The van der Waals surface area contributed by atoms with Gasteiger partial charge in [0.25, 0.3) is 0 Å². The lowest BCUT2D eigenvalue weighted by atomic mass is 10.0. The predicted octanol–water partition coefficient (Wildman–Crippen LogP) is 3.97. The molecule has 4 rings (SSSR count). The van der Waals surface area contributed by atoms with Crippen molar-refractivity contribution >= 4 is 33.5 Å². The van der Waals surface area contributed by atoms with Crippen molar-refractivity contribution in [1.29, 1.82) is 0 Å². The van der Waals surface area contributed by atoms with Crippen LogP contribution in [0.4, 0.5) is 5.13 Å². The Morgan fingerprint density at radius 1 is 1.22 bits per heavy atom. The van der Waals surface area contributed by atoms with Gasteiger partial charge < -0.3 is 9.73 Å². The first-order valence-electron chi connectivity index (χ1n) is 8.42. The molecule has 2 aromatic heterocycles. The van der Waals surface area contributed by atoms with Crippen LogP contribution in [0.5, 0.6) is 0 Å². The van der Waals surface area contributed by atoms with E-state index in [2.05, 4.69) is 16.4 Å². The highest BCUT2D eigenvalue weighted by molar-refractivity contribution is 7.14. The summed E-state index contributed by atoms with van der Waals surface area (Å²) in [4.78, 5) is 28.9. The van der Waals surface area contributed by atoms with Crippen LogP contribution in [0.15, 0.2) is 57.1 Å². The summed E-state index contributed by atoms with van der Waals surface area (Å²) >= 11 is 1.35. The van der Waals surface area contributed by atoms with Gasteiger partial charge in [0, 0.05) is 10.9 Å². The second kappa shape index (κ2) is 6.85. The third-order valence-corrected chi connectivity index (χ3v) is 5.04. The molecule has 0 spiro atoms. The van der Waals surface area contributed by atoms with Gasteiger partial charge in [0.1, 0.15) is 6.54 Å². The average Bonchev–Trinajstić information content (AvgIpc) is 3.20. The molecule has 4 aromatic rings. The van der Waals surface area contributed by atoms with Gasteiger partial charge in [-0.25, -0.2) is 9.78 Å². The Morgan fingerprint density at radius 2 is 2.04 bits per heavy atom. The Labute approximate surface area is 159 Å². The maximum absolute atomic E-state index is 12.4. The van der Waals surface area contributed by atoms with Crippen molar-refractivity contribution in [3.63, 3.8) is 0 Å². The Hall–Kier alpha value is -3.19. The number of rotatable bonds is 4. The fourth-order valence-corrected chi connectivity index (χ4v) is 3.75. The molecule has 2 aromatic carbocycles. The standard InChI is InChI=1S/C20H17N3O3S/c1-12-7-8-14(13(2)9-12)15-11-27-19(21-15)22-18(24)10-23-16-5-3-4-6-17(16)26-20(23)25/h3-9,11H,10H2,1-2H3,(H,21,22,24). The molecular formula is C20H17N3O3S. The number of fused-ring (bicyclic) bond motifs is 1. The van der Waals surface area contributed by atoms with Crippen LogP contribution in [0.3, 0.4) is 0 Å². The highest BCUT2D eigenvalue weighted by Crippen LogP contribution is 2.28. The monoisotopic (exact) mass is 379 g/mol. The van der Waals surface area contributed by atoms with E-state index in [4.69, 9.17) is 4.42 Å². The maximum Gasteiger partial charge on any atom is 0.420 e. The average molecular weight is 379 g/mol. The molecule has 2 heterocycles. The summed E-state index contributed by atoms with van der Waals surface area (Å²) in [5, 5.41) is 5.17. The number of anilines is 1. The lowest BCUT2D eigenvalue weighted by Crippen LogP contribution is -2.24. The third kappa shape index (κ3) is 3.41. The second-order valence-electron chi connectivity index (χ2n) is 6.33. The van der Waals surface area contributed by atoms with Gasteiger partial charge in [0.2, 0.25) is 5.91 Å². The molecule has 27 heavy (non-hydrogen) atoms. The zero-order valence-corrected chi connectivity index (χ0v) is 15.7. The number of hydrogen-bond acceptors (Lipinski definition) is 5. The Balaban J connectivity index is 1.53. The van der Waals surface area contributed by atoms with Crippen LogP contribution >= 0.6 is 11.3 Å². The van der Waals surface area contributed by atoms with Crippen LogP contribution in [0, 0.1) is 13.8 Å². The minimum atomic E-state index is -0.554. The van der Waals surface area contributed by atoms with E-state index in [1.54, 1.807) is 24.3 Å². The highest BCUT2D eigenvalue weighted by atomic mass is 32.1. The molecule has 0 aliphatic rings. The summed E-state index contributed by atoms with van der Waals surface area (Å²) in [5.74, 6) is -0.883. The van der Waals surface area contributed by atoms with Crippen LogP contribution in [0.2, 0.25) is 0 Å². The molecule has 0 bridgehead atoms. The van der Waals surface area contributed by atoms with Crippen LogP contribution < -0.4 is 11.1 Å². The van der Waals surface area contributed by atoms with Crippen molar-refractivity contribution < 1.29 is 9.21 Å². The number of amides is 1. The van der Waals surface area contributed by atoms with Gasteiger partial charge in [0.05, 0.1) is 11.2 Å². The van der Waals surface area contributed by atoms with E-state index in [1.807, 2.05) is 31.4 Å². The fourth-order valence-electron chi connectivity index (χ4n) is 3.02. The summed E-state index contributed by atoms with van der Waals surface area (Å²) < 4.78 is 6.46. The van der Waals surface area contributed by atoms with Crippen molar-refractivity contribution in [2.75, 3.05) is 5.32 Å². The van der Waals surface area contributed by atoms with E-state index in [-0.39, 0.29) is 12.5 Å². The first-order chi connectivity index (χ1) is 13.0. The van der Waals surface area contributed by atoms with Crippen molar-refractivity contribution in [2.24, 2.45) is 0 Å². The van der Waals surface area contributed by atoms with Crippen molar-refractivity contribution in [1.82, 2.24) is 9.55 Å². The van der Waals surface area contributed by atoms with Gasteiger partial charge in [-0.2, -0.15) is 0 Å². The van der Waals surface area contributed by atoms with E-state index in [0.29, 0.717) is 16.2 Å². The molecule has 0 unspecified atom stereocenters. The Morgan fingerprint density at radius 3 is 2.85 bits per heavy atom. The predicted molar refractivity (Wildman–Crippen MR) is 106 cm³/mol. The number of thiazole rings is 1. The van der Waals surface area contributed by atoms with Gasteiger partial charge in [-0.3, -0.25) is 9.36 Å². The van der Waals surface area contributed by atoms with E-state index < -0.39 is 5.76 Å². The van der Waals surface area contributed by atoms with Crippen molar-refractivity contribution in [3.8, 4) is 11.3 Å². The van der Waals surface area contributed by atoms with Crippen molar-refractivity contribution in [3.05, 3.63) is 69.5 Å². The number of oxazole rings is 1. The summed E-state index contributed by atoms with van der Waals surface area (Å²) in [5.41, 5.74) is 5.23. The molecule has 6 nitrogen and oxygen atoms in total. The lowest BCUT2D eigenvalue weighted by Gasteiger charge is -2.04. The highest BCUT2D eigenvalue weighted by Gasteiger charge is 2.14. The topological polar surface area (TPSA) is 77.1 Å². The number of carbonyl (C=O) groups excluding carboxylic acids is 1. The van der Waals surface area contributed by atoms with Crippen LogP contribution in [0.1, 0.15) is 11.1 Å². The summed E-state index contributed by atoms with van der Waals surface area (Å²) in [7, 11) is 0. The minimum Gasteiger partial charge on any atom is -0.408 e. The zero-order valence-electron chi connectivity index (χ0n) is 14.9. The lowest BCUT2D eigenvalue weighted by molar-refractivity contribution is -0.116. The largest absolute Gasteiger partial charge is 0.420 e. The Bertz CT molecular complexity index is 1200. The van der Waals surface area contributed by atoms with E-state index in [0.717, 1.165) is 16.8 Å². The van der Waals surface area contributed by atoms with Crippen LogP contribution in [-0.4, -0.2) is 15.5 Å². The number of para-hydroxylation sites is 2.